The highest BCUT2D eigenvalue weighted by atomic mass is 32.2. The number of amides is 2. The molecule has 0 aliphatic rings. The molecule has 0 saturated heterocycles. The molecule has 3 aromatic rings. The Morgan fingerprint density at radius 3 is 2.62 bits per heavy atom. The Bertz CT molecular complexity index is 1400. The van der Waals surface area contributed by atoms with Crippen molar-refractivity contribution in [2.45, 2.75) is 25.2 Å². The molecule has 0 radical (unpaired) electrons. The largest absolute Gasteiger partial charge is 0.493 e. The first-order valence-corrected chi connectivity index (χ1v) is 12.6. The number of rotatable bonds is 13. The molecule has 3 rings (SSSR count). The number of non-ortho nitro benzene ring substituents is 1. The number of nitro groups is 1. The molecule has 0 bridgehead atoms. The summed E-state index contributed by atoms with van der Waals surface area (Å²) < 4.78 is 12.2. The number of nitrogens with one attached hydrogen (secondary N) is 2. The van der Waals surface area contributed by atoms with Gasteiger partial charge in [-0.1, -0.05) is 30.0 Å². The highest BCUT2D eigenvalue weighted by Gasteiger charge is 2.16. The van der Waals surface area contributed by atoms with E-state index in [0.717, 1.165) is 17.3 Å². The van der Waals surface area contributed by atoms with Crippen molar-refractivity contribution in [3.8, 4) is 11.5 Å². The number of carbonyl (C=O) groups excluding carboxylic acids is 2. The van der Waals surface area contributed by atoms with E-state index in [1.165, 1.54) is 25.3 Å². The maximum absolute atomic E-state index is 12.5. The number of nitrogens with zero attached hydrogens (tertiary/aromatic N) is 4. The summed E-state index contributed by atoms with van der Waals surface area (Å²) in [5.41, 5.74) is 1.72. The summed E-state index contributed by atoms with van der Waals surface area (Å²) in [7, 11) is 3.08. The third-order valence-electron chi connectivity index (χ3n) is 5.40. The van der Waals surface area contributed by atoms with Crippen LogP contribution in [0.25, 0.3) is 6.08 Å². The SMILES string of the molecule is C=CCn1c(CNC(=O)/C=C/c2ccc(OC)c(OC)c2)nnc1SCC(=O)Nc1cc([N+](=O)[O-])ccc1C. The molecular weight excluding hydrogens is 524 g/mol. The third-order valence-corrected chi connectivity index (χ3v) is 6.37. The molecule has 12 nitrogen and oxygen atoms in total. The number of nitro benzene ring substituents is 1. The van der Waals surface area contributed by atoms with Crippen molar-refractivity contribution >= 4 is 41.0 Å². The monoisotopic (exact) mass is 552 g/mol. The minimum absolute atomic E-state index is 0.00215. The van der Waals surface area contributed by atoms with Gasteiger partial charge in [0.2, 0.25) is 11.8 Å². The second kappa shape index (κ2) is 13.8. The molecule has 0 aliphatic heterocycles. The van der Waals surface area contributed by atoms with E-state index in [4.69, 9.17) is 9.47 Å². The van der Waals surface area contributed by atoms with Gasteiger partial charge in [-0.3, -0.25) is 19.7 Å². The van der Waals surface area contributed by atoms with Gasteiger partial charge in [0.05, 0.1) is 37.1 Å². The van der Waals surface area contributed by atoms with E-state index in [0.29, 0.717) is 40.3 Å². The molecule has 0 saturated carbocycles. The van der Waals surface area contributed by atoms with E-state index in [1.807, 2.05) is 0 Å². The molecule has 2 amide bonds. The Balaban J connectivity index is 1.59. The highest BCUT2D eigenvalue weighted by Crippen LogP contribution is 2.28. The van der Waals surface area contributed by atoms with Crippen LogP contribution in [0, 0.1) is 17.0 Å². The number of anilines is 1. The standard InChI is InChI=1S/C26H28N6O6S/c1-5-12-31-23(15-27-24(33)11-8-18-7-10-21(37-3)22(13-18)38-4)29-30-26(31)39-16-25(34)28-20-14-19(32(35)36)9-6-17(20)2/h5-11,13-14H,1,12,15-16H2,2-4H3,(H,27,33)(H,28,34)/b11-8+. The minimum Gasteiger partial charge on any atom is -0.493 e. The smallest absolute Gasteiger partial charge is 0.271 e. The van der Waals surface area contributed by atoms with Gasteiger partial charge in [0, 0.05) is 24.8 Å². The number of allylic oxidation sites excluding steroid dienone is 1. The van der Waals surface area contributed by atoms with E-state index in [2.05, 4.69) is 27.4 Å². The fourth-order valence-electron chi connectivity index (χ4n) is 3.40. The lowest BCUT2D eigenvalue weighted by molar-refractivity contribution is -0.384. The first-order chi connectivity index (χ1) is 18.7. The van der Waals surface area contributed by atoms with Crippen LogP contribution in [0.3, 0.4) is 0 Å². The summed E-state index contributed by atoms with van der Waals surface area (Å²) in [4.78, 5) is 35.4. The second-order valence-electron chi connectivity index (χ2n) is 8.06. The van der Waals surface area contributed by atoms with Crippen LogP contribution < -0.4 is 20.1 Å². The van der Waals surface area contributed by atoms with Gasteiger partial charge in [0.15, 0.2) is 22.5 Å². The van der Waals surface area contributed by atoms with E-state index in [-0.39, 0.29) is 29.8 Å². The van der Waals surface area contributed by atoms with Gasteiger partial charge < -0.3 is 24.7 Å². The fourth-order valence-corrected chi connectivity index (χ4v) is 4.16. The van der Waals surface area contributed by atoms with Crippen molar-refractivity contribution in [1.82, 2.24) is 20.1 Å². The lowest BCUT2D eigenvalue weighted by Gasteiger charge is -2.10. The van der Waals surface area contributed by atoms with Crippen molar-refractivity contribution in [2.24, 2.45) is 0 Å². The van der Waals surface area contributed by atoms with Crippen molar-refractivity contribution in [3.05, 3.63) is 82.2 Å². The van der Waals surface area contributed by atoms with Crippen LogP contribution in [0.5, 0.6) is 11.5 Å². The lowest BCUT2D eigenvalue weighted by atomic mass is 10.2. The molecule has 0 unspecified atom stereocenters. The molecule has 0 aliphatic carbocycles. The quantitative estimate of drug-likeness (QED) is 0.106. The number of carbonyl (C=O) groups is 2. The first-order valence-electron chi connectivity index (χ1n) is 11.6. The fraction of sp³-hybridized carbons (Fsp3) is 0.231. The zero-order valence-electron chi connectivity index (χ0n) is 21.7. The van der Waals surface area contributed by atoms with Gasteiger partial charge in [-0.15, -0.1) is 16.8 Å². The Morgan fingerprint density at radius 2 is 1.92 bits per heavy atom. The molecule has 0 atom stereocenters. The lowest BCUT2D eigenvalue weighted by Crippen LogP contribution is -2.23. The molecular formula is C26H28N6O6S. The summed E-state index contributed by atoms with van der Waals surface area (Å²) in [6.45, 7) is 5.97. The summed E-state index contributed by atoms with van der Waals surface area (Å²) in [6, 6.07) is 9.57. The number of hydrogen-bond donors (Lipinski definition) is 2. The van der Waals surface area contributed by atoms with Gasteiger partial charge in [0.25, 0.3) is 5.69 Å². The summed E-state index contributed by atoms with van der Waals surface area (Å²) in [5, 5.41) is 25.2. The van der Waals surface area contributed by atoms with Gasteiger partial charge in [-0.05, 0) is 36.3 Å². The van der Waals surface area contributed by atoms with Crippen molar-refractivity contribution in [3.63, 3.8) is 0 Å². The topological polar surface area (TPSA) is 151 Å². The molecule has 13 heteroatoms. The predicted octanol–water partition coefficient (Wildman–Crippen LogP) is 3.76. The van der Waals surface area contributed by atoms with E-state index >= 15 is 0 Å². The zero-order chi connectivity index (χ0) is 28.4. The number of aromatic nitrogens is 3. The maximum Gasteiger partial charge on any atom is 0.271 e. The highest BCUT2D eigenvalue weighted by molar-refractivity contribution is 7.99. The van der Waals surface area contributed by atoms with E-state index < -0.39 is 4.92 Å². The van der Waals surface area contributed by atoms with E-state index in [9.17, 15) is 19.7 Å². The van der Waals surface area contributed by atoms with Crippen LogP contribution in [0.15, 0.2) is 60.3 Å². The normalized spacial score (nSPS) is 10.7. The van der Waals surface area contributed by atoms with Crippen LogP contribution in [0.2, 0.25) is 0 Å². The average molecular weight is 553 g/mol. The number of methoxy groups -OCH3 is 2. The average Bonchev–Trinajstić information content (AvgIpc) is 3.31. The van der Waals surface area contributed by atoms with Crippen molar-refractivity contribution in [2.75, 3.05) is 25.3 Å². The molecule has 0 fully saturated rings. The number of benzene rings is 2. The molecule has 204 valence electrons. The van der Waals surface area contributed by atoms with Crippen molar-refractivity contribution < 1.29 is 24.0 Å². The molecule has 2 N–H and O–H groups in total. The number of thioether (sulfide) groups is 1. The molecule has 1 aromatic heterocycles. The van der Waals surface area contributed by atoms with Gasteiger partial charge >= 0.3 is 0 Å². The molecule has 0 spiro atoms. The van der Waals surface area contributed by atoms with Gasteiger partial charge in [-0.25, -0.2) is 0 Å². The molecule has 39 heavy (non-hydrogen) atoms. The third kappa shape index (κ3) is 7.92. The number of aryl methyl sites for hydroxylation is 1. The second-order valence-corrected chi connectivity index (χ2v) is 9.00. The number of ether oxygens (including phenoxy) is 2. The minimum atomic E-state index is -0.520. The summed E-state index contributed by atoms with van der Waals surface area (Å²) >= 11 is 1.15. The Morgan fingerprint density at radius 1 is 1.15 bits per heavy atom. The molecule has 1 heterocycles. The predicted molar refractivity (Wildman–Crippen MR) is 148 cm³/mol. The van der Waals surface area contributed by atoms with Crippen LogP contribution in [0.1, 0.15) is 17.0 Å². The molecule has 2 aromatic carbocycles. The Hall–Kier alpha value is -4.65. The van der Waals surface area contributed by atoms with Crippen molar-refractivity contribution in [1.29, 1.82) is 0 Å². The maximum atomic E-state index is 12.5. The first kappa shape index (κ1) is 28.9. The number of hydrogen-bond acceptors (Lipinski definition) is 9. The summed E-state index contributed by atoms with van der Waals surface area (Å²) in [5.74, 6) is 0.936. The van der Waals surface area contributed by atoms with Crippen LogP contribution >= 0.6 is 11.8 Å². The van der Waals surface area contributed by atoms with Crippen LogP contribution in [0.4, 0.5) is 11.4 Å². The Labute approximate surface area is 229 Å². The van der Waals surface area contributed by atoms with Crippen LogP contribution in [-0.2, 0) is 22.7 Å². The zero-order valence-corrected chi connectivity index (χ0v) is 22.5. The van der Waals surface area contributed by atoms with Crippen LogP contribution in [-0.4, -0.2) is 51.5 Å². The summed E-state index contributed by atoms with van der Waals surface area (Å²) in [6.07, 6.45) is 4.70. The van der Waals surface area contributed by atoms with Gasteiger partial charge in [-0.2, -0.15) is 0 Å². The van der Waals surface area contributed by atoms with Gasteiger partial charge in [0.1, 0.15) is 0 Å². The van der Waals surface area contributed by atoms with E-state index in [1.54, 1.807) is 55.0 Å². The Kier molecular flexibility index (Phi) is 10.2.